The molecule has 0 amide bonds. The Morgan fingerprint density at radius 3 is 2.44 bits per heavy atom. The molecule has 134 valence electrons. The van der Waals surface area contributed by atoms with Gasteiger partial charge in [-0.25, -0.2) is 16.8 Å². The predicted octanol–water partition coefficient (Wildman–Crippen LogP) is 2.57. The van der Waals surface area contributed by atoms with Gasteiger partial charge in [0.05, 0.1) is 6.26 Å². The normalized spacial score (nSPS) is 15.6. The van der Waals surface area contributed by atoms with Gasteiger partial charge in [0.1, 0.15) is 4.90 Å². The lowest BCUT2D eigenvalue weighted by molar-refractivity contribution is 0.395. The number of fused-ring (bicyclic) bond motifs is 1. The molecule has 0 unspecified atom stereocenters. The Morgan fingerprint density at radius 2 is 1.76 bits per heavy atom. The summed E-state index contributed by atoms with van der Waals surface area (Å²) in [6, 6.07) is 11.8. The van der Waals surface area contributed by atoms with Gasteiger partial charge in [-0.05, 0) is 57.7 Å². The van der Waals surface area contributed by atoms with Crippen LogP contribution in [0.2, 0.25) is 0 Å². The molecular weight excluding hydrogens is 428 g/mol. The van der Waals surface area contributed by atoms with Crippen LogP contribution in [-0.2, 0) is 33.0 Å². The molecule has 2 aromatic rings. The van der Waals surface area contributed by atoms with Gasteiger partial charge >= 0.3 is 0 Å². The van der Waals surface area contributed by atoms with Crippen molar-refractivity contribution in [1.29, 1.82) is 0 Å². The number of nitrogens with one attached hydrogen (secondary N) is 1. The molecule has 9 heteroatoms. The minimum absolute atomic E-state index is 0.144. The van der Waals surface area contributed by atoms with E-state index in [-0.39, 0.29) is 11.4 Å². The van der Waals surface area contributed by atoms with E-state index >= 15 is 0 Å². The zero-order chi connectivity index (χ0) is 18.2. The number of hydrogen-bond donors (Lipinski definition) is 1. The molecule has 25 heavy (non-hydrogen) atoms. The van der Waals surface area contributed by atoms with Crippen LogP contribution in [0.3, 0.4) is 0 Å². The summed E-state index contributed by atoms with van der Waals surface area (Å²) in [6.45, 7) is 0.687. The van der Waals surface area contributed by atoms with Crippen LogP contribution in [-0.4, -0.2) is 33.9 Å². The summed E-state index contributed by atoms with van der Waals surface area (Å²) in [4.78, 5) is 0.144. The average molecular weight is 445 g/mol. The standard InChI is InChI=1S/C16H17BrN2O4S2/c1-24(20,21)19-9-8-12-6-7-14(10-13(12)11-19)18-25(22,23)16-5-3-2-4-15(16)17/h2-7,10,18H,8-9,11H2,1H3. The highest BCUT2D eigenvalue weighted by Gasteiger charge is 2.24. The Bertz CT molecular complexity index is 1020. The van der Waals surface area contributed by atoms with Gasteiger partial charge in [0.25, 0.3) is 10.0 Å². The van der Waals surface area contributed by atoms with E-state index in [1.165, 1.54) is 16.6 Å². The quantitative estimate of drug-likeness (QED) is 0.784. The minimum atomic E-state index is -3.74. The fourth-order valence-corrected chi connectivity index (χ4v) is 5.60. The smallest absolute Gasteiger partial charge is 0.263 e. The number of rotatable bonds is 4. The van der Waals surface area contributed by atoms with E-state index in [0.29, 0.717) is 23.1 Å². The second-order valence-electron chi connectivity index (χ2n) is 5.87. The molecule has 0 saturated carbocycles. The molecule has 1 N–H and O–H groups in total. The highest BCUT2D eigenvalue weighted by molar-refractivity contribution is 9.10. The van der Waals surface area contributed by atoms with Crippen LogP contribution < -0.4 is 4.72 Å². The maximum absolute atomic E-state index is 12.6. The molecule has 0 fully saturated rings. The number of sulfonamides is 2. The van der Waals surface area contributed by atoms with Crippen molar-refractivity contribution in [3.63, 3.8) is 0 Å². The second kappa shape index (κ2) is 6.71. The fraction of sp³-hybridized carbons (Fsp3) is 0.250. The Labute approximate surface area is 156 Å². The molecule has 0 aromatic heterocycles. The van der Waals surface area contributed by atoms with Crippen LogP contribution in [0.15, 0.2) is 51.8 Å². The molecule has 1 heterocycles. The van der Waals surface area contributed by atoms with Crippen molar-refractivity contribution in [3.05, 3.63) is 58.1 Å². The van der Waals surface area contributed by atoms with Crippen LogP contribution >= 0.6 is 15.9 Å². The molecule has 1 aliphatic rings. The Hall–Kier alpha value is -1.42. The largest absolute Gasteiger partial charge is 0.280 e. The number of hydrogen-bond acceptors (Lipinski definition) is 4. The van der Waals surface area contributed by atoms with E-state index in [1.54, 1.807) is 30.3 Å². The van der Waals surface area contributed by atoms with Crippen molar-refractivity contribution in [2.45, 2.75) is 17.9 Å². The van der Waals surface area contributed by atoms with E-state index in [0.717, 1.165) is 11.1 Å². The van der Waals surface area contributed by atoms with Gasteiger partial charge < -0.3 is 0 Å². The van der Waals surface area contributed by atoms with Gasteiger partial charge in [-0.3, -0.25) is 4.72 Å². The fourth-order valence-electron chi connectivity index (χ4n) is 2.75. The minimum Gasteiger partial charge on any atom is -0.280 e. The SMILES string of the molecule is CS(=O)(=O)N1CCc2ccc(NS(=O)(=O)c3ccccc3Br)cc2C1. The van der Waals surface area contributed by atoms with Crippen LogP contribution in [0, 0.1) is 0 Å². The summed E-state index contributed by atoms with van der Waals surface area (Å²) in [6.07, 6.45) is 1.79. The highest BCUT2D eigenvalue weighted by atomic mass is 79.9. The van der Waals surface area contributed by atoms with E-state index in [9.17, 15) is 16.8 Å². The van der Waals surface area contributed by atoms with Crippen LogP contribution in [0.25, 0.3) is 0 Å². The topological polar surface area (TPSA) is 83.6 Å². The van der Waals surface area contributed by atoms with Gasteiger partial charge in [-0.1, -0.05) is 18.2 Å². The van der Waals surface area contributed by atoms with Crippen molar-refractivity contribution in [2.24, 2.45) is 0 Å². The van der Waals surface area contributed by atoms with Crippen molar-refractivity contribution < 1.29 is 16.8 Å². The molecule has 1 aliphatic heterocycles. The summed E-state index contributed by atoms with van der Waals surface area (Å²) in [7, 11) is -7.02. The van der Waals surface area contributed by atoms with Crippen molar-refractivity contribution >= 4 is 41.7 Å². The van der Waals surface area contributed by atoms with Gasteiger partial charge in [-0.2, -0.15) is 4.31 Å². The van der Waals surface area contributed by atoms with Gasteiger partial charge in [0, 0.05) is 23.2 Å². The molecule has 0 spiro atoms. The first-order valence-corrected chi connectivity index (χ1v) is 11.6. The first kappa shape index (κ1) is 18.4. The third-order valence-corrected chi connectivity index (χ3v) is 7.67. The third kappa shape index (κ3) is 4.05. The maximum atomic E-state index is 12.6. The molecule has 0 aliphatic carbocycles. The van der Waals surface area contributed by atoms with E-state index < -0.39 is 20.0 Å². The van der Waals surface area contributed by atoms with Gasteiger partial charge in [-0.15, -0.1) is 0 Å². The summed E-state index contributed by atoms with van der Waals surface area (Å²) < 4.78 is 53.0. The molecule has 0 radical (unpaired) electrons. The molecular formula is C16H17BrN2O4S2. The second-order valence-corrected chi connectivity index (χ2v) is 10.4. The lowest BCUT2D eigenvalue weighted by atomic mass is 10.0. The lowest BCUT2D eigenvalue weighted by Gasteiger charge is -2.27. The van der Waals surface area contributed by atoms with Gasteiger partial charge in [0.15, 0.2) is 0 Å². The van der Waals surface area contributed by atoms with E-state index in [4.69, 9.17) is 0 Å². The summed E-state index contributed by atoms with van der Waals surface area (Å²) in [5.41, 5.74) is 2.25. The van der Waals surface area contributed by atoms with E-state index in [1.807, 2.05) is 6.07 Å². The van der Waals surface area contributed by atoms with E-state index in [2.05, 4.69) is 20.7 Å². The Morgan fingerprint density at radius 1 is 1.04 bits per heavy atom. The van der Waals surface area contributed by atoms with Crippen LogP contribution in [0.4, 0.5) is 5.69 Å². The lowest BCUT2D eigenvalue weighted by Crippen LogP contribution is -2.35. The first-order chi connectivity index (χ1) is 11.7. The summed E-state index contributed by atoms with van der Waals surface area (Å²) in [5.74, 6) is 0. The highest BCUT2D eigenvalue weighted by Crippen LogP contribution is 2.27. The number of benzene rings is 2. The Balaban J connectivity index is 1.89. The maximum Gasteiger partial charge on any atom is 0.263 e. The molecule has 2 aromatic carbocycles. The molecule has 3 rings (SSSR count). The predicted molar refractivity (Wildman–Crippen MR) is 100 cm³/mol. The molecule has 0 bridgehead atoms. The first-order valence-electron chi connectivity index (χ1n) is 7.51. The number of nitrogens with zero attached hydrogens (tertiary/aromatic N) is 1. The molecule has 0 atom stereocenters. The van der Waals surface area contributed by atoms with Crippen molar-refractivity contribution in [1.82, 2.24) is 4.31 Å². The summed E-state index contributed by atoms with van der Waals surface area (Å²) in [5, 5.41) is 0. The average Bonchev–Trinajstić information content (AvgIpc) is 2.53. The molecule has 0 saturated heterocycles. The van der Waals surface area contributed by atoms with Crippen molar-refractivity contribution in [3.8, 4) is 0 Å². The summed E-state index contributed by atoms with van der Waals surface area (Å²) >= 11 is 3.24. The number of anilines is 1. The third-order valence-electron chi connectivity index (χ3n) is 4.03. The van der Waals surface area contributed by atoms with Crippen LogP contribution in [0.5, 0.6) is 0 Å². The van der Waals surface area contributed by atoms with Crippen molar-refractivity contribution in [2.75, 3.05) is 17.5 Å². The zero-order valence-corrected chi connectivity index (χ0v) is 16.7. The monoisotopic (exact) mass is 444 g/mol. The molecule has 6 nitrogen and oxygen atoms in total. The van der Waals surface area contributed by atoms with Crippen LogP contribution in [0.1, 0.15) is 11.1 Å². The number of halogens is 1. The Kier molecular flexibility index (Phi) is 4.93. The zero-order valence-electron chi connectivity index (χ0n) is 13.4. The van der Waals surface area contributed by atoms with Gasteiger partial charge in [0.2, 0.25) is 10.0 Å².